The van der Waals surface area contributed by atoms with E-state index in [4.69, 9.17) is 9.15 Å². The summed E-state index contributed by atoms with van der Waals surface area (Å²) in [5.41, 5.74) is 0. The lowest BCUT2D eigenvalue weighted by atomic mass is 10.3. The highest BCUT2D eigenvalue weighted by Gasteiger charge is 2.30. The minimum absolute atomic E-state index is 0.0675. The minimum Gasteiger partial charge on any atom is -0.484 e. The van der Waals surface area contributed by atoms with Crippen molar-refractivity contribution in [3.63, 3.8) is 0 Å². The van der Waals surface area contributed by atoms with E-state index in [-0.39, 0.29) is 49.7 Å². The van der Waals surface area contributed by atoms with Crippen molar-refractivity contribution in [2.45, 2.75) is 19.4 Å². The fourth-order valence-electron chi connectivity index (χ4n) is 2.12. The van der Waals surface area contributed by atoms with Crippen LogP contribution in [0.1, 0.15) is 18.7 Å². The molecule has 24 heavy (non-hydrogen) atoms. The van der Waals surface area contributed by atoms with E-state index < -0.39 is 5.91 Å². The molecule has 0 aliphatic carbocycles. The number of benzene rings is 1. The van der Waals surface area contributed by atoms with Gasteiger partial charge in [-0.1, -0.05) is 23.3 Å². The van der Waals surface area contributed by atoms with Gasteiger partial charge in [-0.15, -0.1) is 5.10 Å². The summed E-state index contributed by atoms with van der Waals surface area (Å²) in [5, 5.41) is 9.74. The molecule has 0 saturated carbocycles. The normalized spacial score (nSPS) is 14.1. The molecule has 9 heteroatoms. The number of carbonyl (C=O) groups excluding carboxylic acids is 3. The van der Waals surface area contributed by atoms with Crippen LogP contribution in [0.4, 0.5) is 6.01 Å². The molecular weight excluding hydrogens is 316 g/mol. The van der Waals surface area contributed by atoms with Gasteiger partial charge in [-0.3, -0.25) is 24.6 Å². The van der Waals surface area contributed by atoms with Gasteiger partial charge in [0.05, 0.1) is 0 Å². The van der Waals surface area contributed by atoms with Crippen molar-refractivity contribution in [2.75, 3.05) is 11.9 Å². The Labute approximate surface area is 136 Å². The van der Waals surface area contributed by atoms with Gasteiger partial charge in [-0.2, -0.15) is 0 Å². The van der Waals surface area contributed by atoms with Crippen molar-refractivity contribution in [3.8, 4) is 5.75 Å². The van der Waals surface area contributed by atoms with Crippen molar-refractivity contribution in [1.82, 2.24) is 15.1 Å². The third-order valence-corrected chi connectivity index (χ3v) is 3.27. The standard InChI is InChI=1S/C15H14N4O5/c20-11(9-23-10-4-2-1-3-5-10)16-15-18-17-12(24-15)8-19-13(21)6-7-14(19)22/h1-5H,6-9H2,(H,16,18,20). The van der Waals surface area contributed by atoms with Crippen molar-refractivity contribution < 1.29 is 23.5 Å². The molecule has 1 aliphatic heterocycles. The quantitative estimate of drug-likeness (QED) is 0.777. The third-order valence-electron chi connectivity index (χ3n) is 3.27. The molecule has 9 nitrogen and oxygen atoms in total. The second-order valence-corrected chi connectivity index (χ2v) is 5.02. The average molecular weight is 330 g/mol. The number of nitrogens with one attached hydrogen (secondary N) is 1. The first kappa shape index (κ1) is 15.7. The van der Waals surface area contributed by atoms with E-state index >= 15 is 0 Å². The highest BCUT2D eigenvalue weighted by Crippen LogP contribution is 2.16. The second kappa shape index (κ2) is 6.90. The summed E-state index contributed by atoms with van der Waals surface area (Å²) in [7, 11) is 0. The molecule has 1 N–H and O–H groups in total. The highest BCUT2D eigenvalue weighted by molar-refractivity contribution is 6.01. The van der Waals surface area contributed by atoms with Gasteiger partial charge in [0, 0.05) is 12.8 Å². The number of carbonyl (C=O) groups is 3. The summed E-state index contributed by atoms with van der Waals surface area (Å²) in [6.07, 6.45) is 0.376. The van der Waals surface area contributed by atoms with E-state index in [1.165, 1.54) is 0 Å². The number of likely N-dealkylation sites (tertiary alicyclic amines) is 1. The van der Waals surface area contributed by atoms with Gasteiger partial charge in [0.2, 0.25) is 17.7 Å². The molecule has 1 fully saturated rings. The maximum atomic E-state index is 11.8. The van der Waals surface area contributed by atoms with E-state index in [1.807, 2.05) is 6.07 Å². The molecule has 0 atom stereocenters. The summed E-state index contributed by atoms with van der Waals surface area (Å²) >= 11 is 0. The second-order valence-electron chi connectivity index (χ2n) is 5.02. The monoisotopic (exact) mass is 330 g/mol. The lowest BCUT2D eigenvalue weighted by Gasteiger charge is -2.09. The first-order valence-corrected chi connectivity index (χ1v) is 7.25. The van der Waals surface area contributed by atoms with E-state index in [0.29, 0.717) is 5.75 Å². The Morgan fingerprint density at radius 1 is 1.17 bits per heavy atom. The topological polar surface area (TPSA) is 115 Å². The van der Waals surface area contributed by atoms with Crippen LogP contribution in [0.2, 0.25) is 0 Å². The van der Waals surface area contributed by atoms with Gasteiger partial charge in [-0.05, 0) is 12.1 Å². The lowest BCUT2D eigenvalue weighted by molar-refractivity contribution is -0.139. The Kier molecular flexibility index (Phi) is 4.50. The molecule has 0 bridgehead atoms. The summed E-state index contributed by atoms with van der Waals surface area (Å²) in [6, 6.07) is 8.75. The summed E-state index contributed by atoms with van der Waals surface area (Å²) in [6.45, 7) is -0.314. The molecule has 124 valence electrons. The number of anilines is 1. The Balaban J connectivity index is 1.51. The third kappa shape index (κ3) is 3.75. The average Bonchev–Trinajstić information content (AvgIpc) is 3.15. The molecule has 0 unspecified atom stereocenters. The van der Waals surface area contributed by atoms with Crippen LogP contribution in [0.15, 0.2) is 34.7 Å². The van der Waals surface area contributed by atoms with Crippen molar-refractivity contribution >= 4 is 23.7 Å². The summed E-state index contributed by atoms with van der Waals surface area (Å²) < 4.78 is 10.5. The van der Waals surface area contributed by atoms with Crippen molar-refractivity contribution in [1.29, 1.82) is 0 Å². The Morgan fingerprint density at radius 3 is 2.58 bits per heavy atom. The number of ether oxygens (including phenoxy) is 1. The molecule has 0 radical (unpaired) electrons. The predicted molar refractivity (Wildman–Crippen MR) is 79.7 cm³/mol. The number of hydrogen-bond donors (Lipinski definition) is 1. The molecule has 3 amide bonds. The maximum absolute atomic E-state index is 11.8. The SMILES string of the molecule is O=C(COc1ccccc1)Nc1nnc(CN2C(=O)CCC2=O)o1. The molecule has 3 rings (SSSR count). The zero-order valence-electron chi connectivity index (χ0n) is 12.6. The van der Waals surface area contributed by atoms with Crippen LogP contribution in [0.5, 0.6) is 5.75 Å². The van der Waals surface area contributed by atoms with Crippen LogP contribution >= 0.6 is 0 Å². The fraction of sp³-hybridized carbons (Fsp3) is 0.267. The molecule has 2 aromatic rings. The predicted octanol–water partition coefficient (Wildman–Crippen LogP) is 0.736. The number of imide groups is 1. The summed E-state index contributed by atoms with van der Waals surface area (Å²) in [4.78, 5) is 35.9. The van der Waals surface area contributed by atoms with Crippen LogP contribution in [0, 0.1) is 0 Å². The molecular formula is C15H14N4O5. The number of nitrogens with zero attached hydrogens (tertiary/aromatic N) is 3. The van der Waals surface area contributed by atoms with E-state index in [0.717, 1.165) is 4.90 Å². The van der Waals surface area contributed by atoms with E-state index in [2.05, 4.69) is 15.5 Å². The number of hydrogen-bond acceptors (Lipinski definition) is 7. The maximum Gasteiger partial charge on any atom is 0.322 e. The van der Waals surface area contributed by atoms with Crippen molar-refractivity contribution in [3.05, 3.63) is 36.2 Å². The van der Waals surface area contributed by atoms with Gasteiger partial charge < -0.3 is 9.15 Å². The van der Waals surface area contributed by atoms with Crippen LogP contribution in [0.25, 0.3) is 0 Å². The minimum atomic E-state index is -0.470. The largest absolute Gasteiger partial charge is 0.484 e. The summed E-state index contributed by atoms with van der Waals surface area (Å²) in [5.74, 6) is -0.398. The smallest absolute Gasteiger partial charge is 0.322 e. The van der Waals surface area contributed by atoms with Crippen molar-refractivity contribution in [2.24, 2.45) is 0 Å². The Morgan fingerprint density at radius 2 is 1.88 bits per heavy atom. The zero-order valence-corrected chi connectivity index (χ0v) is 12.6. The van der Waals surface area contributed by atoms with Gasteiger partial charge in [0.15, 0.2) is 6.61 Å². The van der Waals surface area contributed by atoms with Crippen LogP contribution < -0.4 is 10.1 Å². The van der Waals surface area contributed by atoms with Gasteiger partial charge in [-0.25, -0.2) is 0 Å². The molecule has 2 heterocycles. The van der Waals surface area contributed by atoms with Crippen LogP contribution in [-0.2, 0) is 20.9 Å². The number of para-hydroxylation sites is 1. The molecule has 1 aliphatic rings. The lowest BCUT2D eigenvalue weighted by Crippen LogP contribution is -2.28. The van der Waals surface area contributed by atoms with Gasteiger partial charge >= 0.3 is 6.01 Å². The first-order valence-electron chi connectivity index (χ1n) is 7.25. The first-order chi connectivity index (χ1) is 11.6. The van der Waals surface area contributed by atoms with Gasteiger partial charge in [0.25, 0.3) is 5.91 Å². The number of amides is 3. The highest BCUT2D eigenvalue weighted by atomic mass is 16.5. The van der Waals surface area contributed by atoms with E-state index in [1.54, 1.807) is 24.3 Å². The fourth-order valence-corrected chi connectivity index (χ4v) is 2.12. The Bertz CT molecular complexity index is 742. The molecule has 1 aromatic carbocycles. The van der Waals surface area contributed by atoms with Crippen LogP contribution in [-0.4, -0.2) is 39.4 Å². The van der Waals surface area contributed by atoms with Gasteiger partial charge in [0.1, 0.15) is 12.3 Å². The number of aromatic nitrogens is 2. The van der Waals surface area contributed by atoms with Crippen LogP contribution in [0.3, 0.4) is 0 Å². The van der Waals surface area contributed by atoms with E-state index in [9.17, 15) is 14.4 Å². The molecule has 1 saturated heterocycles. The number of rotatable bonds is 6. The Hall–Kier alpha value is -3.23. The molecule has 1 aromatic heterocycles. The molecule has 0 spiro atoms. The zero-order chi connectivity index (χ0) is 16.9.